The van der Waals surface area contributed by atoms with Crippen molar-refractivity contribution in [3.63, 3.8) is 0 Å². The number of aliphatic imine (C=N–C) groups is 1. The zero-order valence-corrected chi connectivity index (χ0v) is 15.8. The van der Waals surface area contributed by atoms with E-state index in [1.54, 1.807) is 12.2 Å². The fourth-order valence-electron chi connectivity index (χ4n) is 3.67. The number of anilines is 1. The van der Waals surface area contributed by atoms with Crippen LogP contribution in [0.2, 0.25) is 0 Å². The van der Waals surface area contributed by atoms with Crippen LogP contribution in [0.15, 0.2) is 53.0 Å². The summed E-state index contributed by atoms with van der Waals surface area (Å²) in [5.41, 5.74) is 2.71. The highest BCUT2D eigenvalue weighted by molar-refractivity contribution is 6.49. The molecule has 1 N–H and O–H groups in total. The normalized spacial score (nSPS) is 21.8. The third-order valence-corrected chi connectivity index (χ3v) is 5.27. The molecule has 4 heterocycles. The van der Waals surface area contributed by atoms with Crippen molar-refractivity contribution < 1.29 is 9.53 Å². The van der Waals surface area contributed by atoms with Crippen molar-refractivity contribution in [1.82, 2.24) is 19.8 Å². The summed E-state index contributed by atoms with van der Waals surface area (Å²) in [6, 6.07) is 5.88. The van der Waals surface area contributed by atoms with E-state index in [0.29, 0.717) is 24.6 Å². The van der Waals surface area contributed by atoms with Crippen LogP contribution in [-0.4, -0.2) is 72.4 Å². The average Bonchev–Trinajstić information content (AvgIpc) is 3.08. The number of nitrogens with one attached hydrogen (secondary N) is 1. The lowest BCUT2D eigenvalue weighted by molar-refractivity contribution is -0.109. The van der Waals surface area contributed by atoms with E-state index in [9.17, 15) is 4.79 Å². The maximum absolute atomic E-state index is 12.6. The van der Waals surface area contributed by atoms with Gasteiger partial charge in [0, 0.05) is 51.1 Å². The zero-order chi connectivity index (χ0) is 19.1. The minimum Gasteiger partial charge on any atom is -0.490 e. The molecule has 8 heteroatoms. The smallest absolute Gasteiger partial charge is 0.206 e. The first kappa shape index (κ1) is 17.0. The number of morpholine rings is 1. The fraction of sp³-hybridized carbons (Fsp3) is 0.350. The molecule has 2 aliphatic heterocycles. The minimum absolute atomic E-state index is 0.128. The van der Waals surface area contributed by atoms with Gasteiger partial charge in [0.15, 0.2) is 5.82 Å². The van der Waals surface area contributed by atoms with Crippen LogP contribution in [0.5, 0.6) is 0 Å². The summed E-state index contributed by atoms with van der Waals surface area (Å²) < 4.78 is 7.51. The first-order valence-corrected chi connectivity index (χ1v) is 9.53. The molecule has 0 saturated carbocycles. The van der Waals surface area contributed by atoms with Crippen LogP contribution in [0.1, 0.15) is 0 Å². The van der Waals surface area contributed by atoms with Gasteiger partial charge in [-0.15, -0.1) is 5.10 Å². The van der Waals surface area contributed by atoms with E-state index in [2.05, 4.69) is 22.2 Å². The summed E-state index contributed by atoms with van der Waals surface area (Å²) in [4.78, 5) is 22.0. The van der Waals surface area contributed by atoms with Crippen LogP contribution in [0.25, 0.3) is 5.52 Å². The van der Waals surface area contributed by atoms with Gasteiger partial charge in [0.2, 0.25) is 5.78 Å². The predicted molar refractivity (Wildman–Crippen MR) is 107 cm³/mol. The van der Waals surface area contributed by atoms with Crippen LogP contribution in [0.3, 0.4) is 0 Å². The molecule has 0 spiro atoms. The first-order chi connectivity index (χ1) is 13.7. The van der Waals surface area contributed by atoms with Crippen molar-refractivity contribution in [2.24, 2.45) is 4.99 Å². The molecular weight excluding hydrogens is 356 g/mol. The molecule has 28 heavy (non-hydrogen) atoms. The van der Waals surface area contributed by atoms with E-state index >= 15 is 0 Å². The zero-order valence-electron chi connectivity index (χ0n) is 15.8. The molecule has 5 rings (SSSR count). The molecule has 0 amide bonds. The van der Waals surface area contributed by atoms with E-state index in [-0.39, 0.29) is 5.78 Å². The van der Waals surface area contributed by atoms with Gasteiger partial charge in [-0.2, -0.15) is 0 Å². The average molecular weight is 378 g/mol. The lowest BCUT2D eigenvalue weighted by Gasteiger charge is -2.32. The molecule has 0 radical (unpaired) electrons. The second kappa shape index (κ2) is 6.79. The topological polar surface area (TPSA) is 74.5 Å². The van der Waals surface area contributed by atoms with Crippen molar-refractivity contribution in [2.75, 3.05) is 51.3 Å². The predicted octanol–water partition coefficient (Wildman–Crippen LogP) is 1.13. The molecular formula is C20H22N6O2. The maximum Gasteiger partial charge on any atom is 0.206 e. The number of ether oxygens (including phenoxy) is 1. The Kier molecular flexibility index (Phi) is 4.12. The number of hydrogen-bond acceptors (Lipinski definition) is 7. The number of allylic oxidation sites excluding steroid dienone is 2. The van der Waals surface area contributed by atoms with Gasteiger partial charge in [0.05, 0.1) is 11.2 Å². The second-order valence-corrected chi connectivity index (χ2v) is 7.20. The number of rotatable bonds is 2. The Morgan fingerprint density at radius 1 is 1.18 bits per heavy atom. The van der Waals surface area contributed by atoms with Gasteiger partial charge >= 0.3 is 0 Å². The highest BCUT2D eigenvalue weighted by Crippen LogP contribution is 2.34. The summed E-state index contributed by atoms with van der Waals surface area (Å²) in [5.74, 6) is 1.36. The van der Waals surface area contributed by atoms with E-state index in [1.807, 2.05) is 28.9 Å². The SMILES string of the molecule is CN1CCN(c2nn3ccccc3c2N=C2C=C3OCCNC3=CC2=O)CC1. The number of carbonyl (C=O) groups is 1. The molecule has 2 aromatic rings. The van der Waals surface area contributed by atoms with Gasteiger partial charge < -0.3 is 19.9 Å². The minimum atomic E-state index is -0.128. The molecule has 144 valence electrons. The van der Waals surface area contributed by atoms with Crippen LogP contribution in [-0.2, 0) is 9.53 Å². The van der Waals surface area contributed by atoms with Gasteiger partial charge in [-0.25, -0.2) is 9.51 Å². The Bertz CT molecular complexity index is 1030. The van der Waals surface area contributed by atoms with Gasteiger partial charge in [0.1, 0.15) is 23.8 Å². The third-order valence-electron chi connectivity index (χ3n) is 5.27. The van der Waals surface area contributed by atoms with Crippen LogP contribution < -0.4 is 10.2 Å². The standard InChI is InChI=1S/C20H22N6O2/c1-24-7-9-25(10-8-24)20-19(16-4-2-3-6-26(16)23-20)22-14-13-18-15(12-17(14)27)21-5-11-28-18/h2-4,6,12-13,21H,5,7-11H2,1H3. The molecule has 0 aromatic carbocycles. The largest absolute Gasteiger partial charge is 0.490 e. The van der Waals surface area contributed by atoms with E-state index in [0.717, 1.165) is 48.9 Å². The van der Waals surface area contributed by atoms with Gasteiger partial charge in [0.25, 0.3) is 0 Å². The molecule has 2 fully saturated rings. The number of pyridine rings is 1. The summed E-state index contributed by atoms with van der Waals surface area (Å²) in [7, 11) is 2.12. The van der Waals surface area contributed by atoms with E-state index in [4.69, 9.17) is 14.8 Å². The van der Waals surface area contributed by atoms with Crippen molar-refractivity contribution in [3.8, 4) is 0 Å². The summed E-state index contributed by atoms with van der Waals surface area (Å²) >= 11 is 0. The summed E-state index contributed by atoms with van der Waals surface area (Å²) in [6.07, 6.45) is 5.20. The van der Waals surface area contributed by atoms with Crippen molar-refractivity contribution in [3.05, 3.63) is 48.0 Å². The molecule has 0 bridgehead atoms. The number of hydrogen-bond donors (Lipinski definition) is 1. The van der Waals surface area contributed by atoms with Crippen molar-refractivity contribution >= 4 is 28.5 Å². The van der Waals surface area contributed by atoms with Crippen molar-refractivity contribution in [1.29, 1.82) is 0 Å². The van der Waals surface area contributed by atoms with Crippen LogP contribution in [0, 0.1) is 0 Å². The Morgan fingerprint density at radius 3 is 2.89 bits per heavy atom. The quantitative estimate of drug-likeness (QED) is 0.790. The number of fused-ring (bicyclic) bond motifs is 2. The van der Waals surface area contributed by atoms with Gasteiger partial charge in [-0.3, -0.25) is 4.79 Å². The highest BCUT2D eigenvalue weighted by Gasteiger charge is 2.26. The van der Waals surface area contributed by atoms with Crippen LogP contribution in [0.4, 0.5) is 11.5 Å². The van der Waals surface area contributed by atoms with E-state index in [1.165, 1.54) is 0 Å². The van der Waals surface area contributed by atoms with Crippen LogP contribution >= 0.6 is 0 Å². The number of aromatic nitrogens is 2. The highest BCUT2D eigenvalue weighted by atomic mass is 16.5. The van der Waals surface area contributed by atoms with Gasteiger partial charge in [-0.1, -0.05) is 6.07 Å². The Hall–Kier alpha value is -3.13. The number of nitrogens with zero attached hydrogens (tertiary/aromatic N) is 5. The van der Waals surface area contributed by atoms with Crippen molar-refractivity contribution in [2.45, 2.75) is 0 Å². The maximum atomic E-state index is 12.6. The lowest BCUT2D eigenvalue weighted by atomic mass is 10.1. The summed E-state index contributed by atoms with van der Waals surface area (Å²) in [6.45, 7) is 4.98. The number of likely N-dealkylation sites (N-methyl/N-ethyl adjacent to an activating group) is 1. The first-order valence-electron chi connectivity index (χ1n) is 9.53. The molecule has 2 aromatic heterocycles. The molecule has 3 aliphatic rings. The molecule has 8 nitrogen and oxygen atoms in total. The Labute approximate surface area is 162 Å². The fourth-order valence-corrected chi connectivity index (χ4v) is 3.67. The number of ketones is 1. The molecule has 0 unspecified atom stereocenters. The monoisotopic (exact) mass is 378 g/mol. The lowest BCUT2D eigenvalue weighted by Crippen LogP contribution is -2.44. The Balaban J connectivity index is 1.59. The van der Waals surface area contributed by atoms with E-state index < -0.39 is 0 Å². The Morgan fingerprint density at radius 2 is 2.04 bits per heavy atom. The third kappa shape index (κ3) is 2.95. The van der Waals surface area contributed by atoms with Gasteiger partial charge in [-0.05, 0) is 19.2 Å². The molecule has 0 atom stereocenters. The second-order valence-electron chi connectivity index (χ2n) is 7.20. The number of piperazine rings is 1. The summed E-state index contributed by atoms with van der Waals surface area (Å²) in [5, 5.41) is 7.95. The molecule has 2 saturated heterocycles. The molecule has 1 aliphatic carbocycles. The number of carbonyl (C=O) groups excluding carboxylic acids is 1.